The van der Waals surface area contributed by atoms with Crippen molar-refractivity contribution in [2.24, 2.45) is 0 Å². The molecule has 0 radical (unpaired) electrons. The molecule has 1 N–H and O–H groups in total. The molecule has 0 spiro atoms. The van der Waals surface area contributed by atoms with Crippen LogP contribution in [0.5, 0.6) is 11.6 Å². The van der Waals surface area contributed by atoms with Crippen molar-refractivity contribution in [2.75, 3.05) is 0 Å². The van der Waals surface area contributed by atoms with E-state index in [-0.39, 0.29) is 6.54 Å². The third kappa shape index (κ3) is 6.06. The number of rotatable bonds is 7. The Labute approximate surface area is 159 Å². The summed E-state index contributed by atoms with van der Waals surface area (Å²) in [6, 6.07) is 20.2. The lowest BCUT2D eigenvalue weighted by molar-refractivity contribution is 0.462. The van der Waals surface area contributed by atoms with Crippen LogP contribution in [-0.2, 0) is 16.6 Å². The molecule has 0 aliphatic rings. The van der Waals surface area contributed by atoms with E-state index in [1.54, 1.807) is 30.5 Å². The van der Waals surface area contributed by atoms with Crippen molar-refractivity contribution in [1.29, 1.82) is 0 Å². The number of benzene rings is 2. The summed E-state index contributed by atoms with van der Waals surface area (Å²) in [4.78, 5) is 4.10. The van der Waals surface area contributed by atoms with Crippen LogP contribution < -0.4 is 9.46 Å². The number of hydrogen-bond donors (Lipinski definition) is 1. The van der Waals surface area contributed by atoms with Crippen LogP contribution in [0.2, 0.25) is 0 Å². The first-order chi connectivity index (χ1) is 13.0. The monoisotopic (exact) mass is 380 g/mol. The van der Waals surface area contributed by atoms with Gasteiger partial charge in [0.2, 0.25) is 15.9 Å². The highest BCUT2D eigenvalue weighted by molar-refractivity contribution is 7.92. The van der Waals surface area contributed by atoms with Gasteiger partial charge in [-0.05, 0) is 42.3 Å². The Kier molecular flexibility index (Phi) is 6.01. The fourth-order valence-corrected chi connectivity index (χ4v) is 3.13. The number of sulfonamides is 1. The zero-order valence-corrected chi connectivity index (χ0v) is 15.7. The second kappa shape index (κ2) is 8.62. The van der Waals surface area contributed by atoms with Crippen molar-refractivity contribution >= 4 is 16.1 Å². The summed E-state index contributed by atoms with van der Waals surface area (Å²) in [7, 11) is -3.54. The minimum absolute atomic E-state index is 0.167. The zero-order chi connectivity index (χ0) is 19.1. The van der Waals surface area contributed by atoms with Crippen LogP contribution in [-0.4, -0.2) is 13.4 Å². The van der Waals surface area contributed by atoms with E-state index in [4.69, 9.17) is 4.74 Å². The van der Waals surface area contributed by atoms with E-state index < -0.39 is 10.0 Å². The van der Waals surface area contributed by atoms with Crippen molar-refractivity contribution in [2.45, 2.75) is 13.5 Å². The quantitative estimate of drug-likeness (QED) is 0.664. The van der Waals surface area contributed by atoms with Crippen molar-refractivity contribution in [3.63, 3.8) is 0 Å². The molecule has 0 saturated heterocycles. The fourth-order valence-electron chi connectivity index (χ4n) is 2.32. The number of aromatic nitrogens is 1. The molecular weight excluding hydrogens is 360 g/mol. The summed E-state index contributed by atoms with van der Waals surface area (Å²) in [5.74, 6) is 1.08. The molecule has 27 heavy (non-hydrogen) atoms. The van der Waals surface area contributed by atoms with Gasteiger partial charge in [-0.3, -0.25) is 0 Å². The number of pyridine rings is 1. The Morgan fingerprint density at radius 2 is 1.85 bits per heavy atom. The molecule has 0 bridgehead atoms. The van der Waals surface area contributed by atoms with Gasteiger partial charge in [0.1, 0.15) is 5.75 Å². The lowest BCUT2D eigenvalue weighted by atomic mass is 10.2. The van der Waals surface area contributed by atoms with Gasteiger partial charge in [-0.25, -0.2) is 18.1 Å². The topological polar surface area (TPSA) is 68.3 Å². The summed E-state index contributed by atoms with van der Waals surface area (Å²) < 4.78 is 32.6. The number of nitrogens with one attached hydrogen (secondary N) is 1. The highest BCUT2D eigenvalue weighted by Crippen LogP contribution is 2.20. The Balaban J connectivity index is 1.61. The van der Waals surface area contributed by atoms with Gasteiger partial charge in [0.25, 0.3) is 0 Å². The van der Waals surface area contributed by atoms with Crippen molar-refractivity contribution in [3.8, 4) is 11.6 Å². The SMILES string of the molecule is Cc1ccc(/C=C/S(=O)(=O)NCc2cccc(Oc3ccccn3)c2)cc1. The molecule has 0 aliphatic heterocycles. The number of aryl methyl sites for hydroxylation is 1. The molecule has 6 heteroatoms. The van der Waals surface area contributed by atoms with Crippen molar-refractivity contribution in [3.05, 3.63) is 95.0 Å². The molecule has 0 atom stereocenters. The molecule has 1 aromatic heterocycles. The number of ether oxygens (including phenoxy) is 1. The van der Waals surface area contributed by atoms with E-state index in [2.05, 4.69) is 9.71 Å². The molecule has 2 aromatic carbocycles. The second-order valence-electron chi connectivity index (χ2n) is 6.00. The van der Waals surface area contributed by atoms with Gasteiger partial charge in [-0.1, -0.05) is 48.0 Å². The maximum absolute atomic E-state index is 12.2. The first-order valence-corrected chi connectivity index (χ1v) is 9.97. The van der Waals surface area contributed by atoms with Gasteiger partial charge < -0.3 is 4.74 Å². The predicted octanol–water partition coefficient (Wildman–Crippen LogP) is 4.27. The minimum atomic E-state index is -3.54. The standard InChI is InChI=1S/C21H20N2O3S/c1-17-8-10-18(11-9-17)12-14-27(24,25)23-16-19-5-4-6-20(15-19)26-21-7-2-3-13-22-21/h2-15,23H,16H2,1H3/b14-12+. The Morgan fingerprint density at radius 1 is 1.04 bits per heavy atom. The molecule has 3 aromatic rings. The van der Waals surface area contributed by atoms with Gasteiger partial charge in [-0.2, -0.15) is 0 Å². The molecule has 3 rings (SSSR count). The van der Waals surface area contributed by atoms with Gasteiger partial charge in [0, 0.05) is 24.2 Å². The average molecular weight is 380 g/mol. The molecule has 138 valence electrons. The molecular formula is C21H20N2O3S. The maximum atomic E-state index is 12.2. The average Bonchev–Trinajstić information content (AvgIpc) is 2.67. The van der Waals surface area contributed by atoms with E-state index in [1.165, 1.54) is 5.41 Å². The lowest BCUT2D eigenvalue weighted by Gasteiger charge is -2.07. The molecule has 1 heterocycles. The summed E-state index contributed by atoms with van der Waals surface area (Å²) in [6.07, 6.45) is 3.22. The van der Waals surface area contributed by atoms with Crippen LogP contribution in [0.15, 0.2) is 78.3 Å². The summed E-state index contributed by atoms with van der Waals surface area (Å²) in [6.45, 7) is 2.15. The van der Waals surface area contributed by atoms with E-state index >= 15 is 0 Å². The summed E-state index contributed by atoms with van der Waals surface area (Å²) in [5.41, 5.74) is 2.74. The molecule has 0 unspecified atom stereocenters. The number of nitrogens with zero attached hydrogens (tertiary/aromatic N) is 1. The lowest BCUT2D eigenvalue weighted by Crippen LogP contribution is -2.20. The molecule has 0 saturated carbocycles. The van der Waals surface area contributed by atoms with E-state index in [1.807, 2.05) is 55.5 Å². The van der Waals surface area contributed by atoms with Crippen LogP contribution in [0.3, 0.4) is 0 Å². The molecule has 0 amide bonds. The molecule has 0 fully saturated rings. The van der Waals surface area contributed by atoms with Crippen LogP contribution in [0, 0.1) is 6.92 Å². The normalized spacial score (nSPS) is 11.6. The third-order valence-corrected chi connectivity index (χ3v) is 4.79. The van der Waals surface area contributed by atoms with E-state index in [9.17, 15) is 8.42 Å². The van der Waals surface area contributed by atoms with E-state index in [0.29, 0.717) is 11.6 Å². The maximum Gasteiger partial charge on any atom is 0.234 e. The fraction of sp³-hybridized carbons (Fsp3) is 0.0952. The van der Waals surface area contributed by atoms with Crippen molar-refractivity contribution in [1.82, 2.24) is 9.71 Å². The Morgan fingerprint density at radius 3 is 2.59 bits per heavy atom. The highest BCUT2D eigenvalue weighted by Gasteiger charge is 2.06. The first-order valence-electron chi connectivity index (χ1n) is 8.42. The molecule has 5 nitrogen and oxygen atoms in total. The van der Waals surface area contributed by atoms with Gasteiger partial charge in [0.15, 0.2) is 0 Å². The zero-order valence-electron chi connectivity index (χ0n) is 14.9. The van der Waals surface area contributed by atoms with Gasteiger partial charge in [-0.15, -0.1) is 0 Å². The minimum Gasteiger partial charge on any atom is -0.439 e. The van der Waals surface area contributed by atoms with Crippen LogP contribution in [0.25, 0.3) is 6.08 Å². The highest BCUT2D eigenvalue weighted by atomic mass is 32.2. The second-order valence-corrected chi connectivity index (χ2v) is 7.65. The largest absolute Gasteiger partial charge is 0.439 e. The molecule has 0 aliphatic carbocycles. The van der Waals surface area contributed by atoms with Crippen LogP contribution in [0.4, 0.5) is 0 Å². The van der Waals surface area contributed by atoms with Gasteiger partial charge in [0.05, 0.1) is 0 Å². The Bertz CT molecular complexity index is 1010. The first kappa shape index (κ1) is 18.8. The number of hydrogen-bond acceptors (Lipinski definition) is 4. The van der Waals surface area contributed by atoms with Crippen LogP contribution >= 0.6 is 0 Å². The van der Waals surface area contributed by atoms with Gasteiger partial charge >= 0.3 is 0 Å². The smallest absolute Gasteiger partial charge is 0.234 e. The van der Waals surface area contributed by atoms with Crippen molar-refractivity contribution < 1.29 is 13.2 Å². The van der Waals surface area contributed by atoms with E-state index in [0.717, 1.165) is 16.7 Å². The Hall–Kier alpha value is -2.96. The predicted molar refractivity (Wildman–Crippen MR) is 107 cm³/mol. The summed E-state index contributed by atoms with van der Waals surface area (Å²) in [5, 5.41) is 1.17. The third-order valence-electron chi connectivity index (χ3n) is 3.75. The summed E-state index contributed by atoms with van der Waals surface area (Å²) >= 11 is 0. The van der Waals surface area contributed by atoms with Crippen LogP contribution in [0.1, 0.15) is 16.7 Å².